The zero-order valence-corrected chi connectivity index (χ0v) is 14.4. The molecule has 7 heteroatoms. The molecule has 1 heterocycles. The van der Waals surface area contributed by atoms with Crippen LogP contribution in [-0.2, 0) is 14.3 Å². The van der Waals surface area contributed by atoms with Crippen LogP contribution in [-0.4, -0.2) is 22.8 Å². The van der Waals surface area contributed by atoms with Crippen molar-refractivity contribution in [3.05, 3.63) is 64.7 Å². The van der Waals surface area contributed by atoms with Crippen molar-refractivity contribution < 1.29 is 19.1 Å². The molecule has 1 aliphatic rings. The molecule has 1 atom stereocenters. The maximum Gasteiger partial charge on any atom is 0.308 e. The fourth-order valence-corrected chi connectivity index (χ4v) is 2.53. The number of benzene rings is 2. The molecule has 6 nitrogen and oxygen atoms in total. The van der Waals surface area contributed by atoms with Crippen molar-refractivity contribution in [1.82, 2.24) is 5.01 Å². The SMILES string of the molecule is CC(=O)Oc1ccccc1C1=NN(C(C)=O)[C@@H](c2ccc(Cl)cc2)O1. The third-order valence-electron chi connectivity index (χ3n) is 3.49. The van der Waals surface area contributed by atoms with Gasteiger partial charge in [0.15, 0.2) is 0 Å². The maximum absolute atomic E-state index is 12.0. The van der Waals surface area contributed by atoms with E-state index in [-0.39, 0.29) is 11.8 Å². The van der Waals surface area contributed by atoms with Gasteiger partial charge in [-0.05, 0) is 24.3 Å². The van der Waals surface area contributed by atoms with E-state index in [1.807, 2.05) is 0 Å². The van der Waals surface area contributed by atoms with Crippen molar-refractivity contribution in [2.75, 3.05) is 0 Å². The number of hydrogen-bond donors (Lipinski definition) is 0. The Labute approximate surface area is 149 Å². The van der Waals surface area contributed by atoms with Crippen LogP contribution in [0.3, 0.4) is 0 Å². The summed E-state index contributed by atoms with van der Waals surface area (Å²) >= 11 is 5.91. The van der Waals surface area contributed by atoms with Gasteiger partial charge in [0.25, 0.3) is 0 Å². The number of hydrazone groups is 1. The summed E-state index contributed by atoms with van der Waals surface area (Å²) in [6.45, 7) is 2.71. The first-order chi connectivity index (χ1) is 12.0. The van der Waals surface area contributed by atoms with Gasteiger partial charge in [-0.15, -0.1) is 5.10 Å². The van der Waals surface area contributed by atoms with E-state index in [1.165, 1.54) is 18.9 Å². The van der Waals surface area contributed by atoms with Crippen molar-refractivity contribution in [1.29, 1.82) is 0 Å². The van der Waals surface area contributed by atoms with Crippen LogP contribution in [0, 0.1) is 0 Å². The lowest BCUT2D eigenvalue weighted by molar-refractivity contribution is -0.135. The predicted molar refractivity (Wildman–Crippen MR) is 92.1 cm³/mol. The van der Waals surface area contributed by atoms with Gasteiger partial charge in [-0.2, -0.15) is 5.01 Å². The average Bonchev–Trinajstić information content (AvgIpc) is 3.01. The quantitative estimate of drug-likeness (QED) is 0.622. The van der Waals surface area contributed by atoms with Crippen LogP contribution in [0.5, 0.6) is 5.75 Å². The fourth-order valence-electron chi connectivity index (χ4n) is 2.41. The lowest BCUT2D eigenvalue weighted by Crippen LogP contribution is -2.25. The topological polar surface area (TPSA) is 68.2 Å². The van der Waals surface area contributed by atoms with E-state index >= 15 is 0 Å². The number of carbonyl (C=O) groups excluding carboxylic acids is 2. The highest BCUT2D eigenvalue weighted by atomic mass is 35.5. The van der Waals surface area contributed by atoms with Gasteiger partial charge in [-0.3, -0.25) is 9.59 Å². The van der Waals surface area contributed by atoms with Gasteiger partial charge in [0.05, 0.1) is 5.56 Å². The third-order valence-corrected chi connectivity index (χ3v) is 3.74. The third kappa shape index (κ3) is 3.64. The molecule has 0 saturated heterocycles. The van der Waals surface area contributed by atoms with E-state index in [4.69, 9.17) is 21.1 Å². The lowest BCUT2D eigenvalue weighted by atomic mass is 10.2. The minimum absolute atomic E-state index is 0.201. The molecular weight excluding hydrogens is 344 g/mol. The number of esters is 1. The molecule has 0 radical (unpaired) electrons. The van der Waals surface area contributed by atoms with Crippen molar-refractivity contribution >= 4 is 29.4 Å². The number of halogens is 1. The second-order valence-corrected chi connectivity index (χ2v) is 5.82. The predicted octanol–water partition coefficient (Wildman–Crippen LogP) is 3.50. The largest absolute Gasteiger partial charge is 0.446 e. The highest BCUT2D eigenvalue weighted by Crippen LogP contribution is 2.33. The second-order valence-electron chi connectivity index (χ2n) is 5.38. The van der Waals surface area contributed by atoms with Gasteiger partial charge in [-0.25, -0.2) is 0 Å². The normalized spacial score (nSPS) is 16.2. The summed E-state index contributed by atoms with van der Waals surface area (Å²) < 4.78 is 11.1. The summed E-state index contributed by atoms with van der Waals surface area (Å²) in [6, 6.07) is 13.8. The number of nitrogens with zero attached hydrogens (tertiary/aromatic N) is 2. The number of para-hydroxylation sites is 1. The molecule has 0 spiro atoms. The summed E-state index contributed by atoms with van der Waals surface area (Å²) in [6.07, 6.45) is -0.713. The first kappa shape index (κ1) is 17.0. The standard InChI is InChI=1S/C18H15ClN2O4/c1-11(22)21-18(13-7-9-14(19)10-8-13)25-17(20-21)15-5-3-4-6-16(15)24-12(2)23/h3-10,18H,1-2H3/t18-/m1/s1. The molecule has 2 aromatic carbocycles. The Hall–Kier alpha value is -2.86. The Kier molecular flexibility index (Phi) is 4.72. The van der Waals surface area contributed by atoms with E-state index in [1.54, 1.807) is 48.5 Å². The molecule has 2 aromatic rings. The summed E-state index contributed by atoms with van der Waals surface area (Å²) in [5.74, 6) is -0.218. The number of rotatable bonds is 3. The van der Waals surface area contributed by atoms with Gasteiger partial charge in [0.1, 0.15) is 5.75 Å². The minimum atomic E-state index is -0.713. The summed E-state index contributed by atoms with van der Waals surface area (Å²) in [7, 11) is 0. The van der Waals surface area contributed by atoms with Gasteiger partial charge in [-0.1, -0.05) is 35.9 Å². The first-order valence-electron chi connectivity index (χ1n) is 7.54. The highest BCUT2D eigenvalue weighted by Gasteiger charge is 2.34. The Morgan fingerprint density at radius 1 is 1.12 bits per heavy atom. The molecule has 0 saturated carbocycles. The molecule has 0 N–H and O–H groups in total. The van der Waals surface area contributed by atoms with E-state index in [0.717, 1.165) is 5.56 Å². The molecule has 1 amide bonds. The van der Waals surface area contributed by atoms with Crippen LogP contribution in [0.2, 0.25) is 5.02 Å². The molecular formula is C18H15ClN2O4. The monoisotopic (exact) mass is 358 g/mol. The zero-order valence-electron chi connectivity index (χ0n) is 13.6. The number of ether oxygens (including phenoxy) is 2. The molecule has 0 unspecified atom stereocenters. The van der Waals surface area contributed by atoms with Crippen molar-refractivity contribution in [3.63, 3.8) is 0 Å². The molecule has 25 heavy (non-hydrogen) atoms. The van der Waals surface area contributed by atoms with Crippen molar-refractivity contribution in [3.8, 4) is 5.75 Å². The van der Waals surface area contributed by atoms with Crippen LogP contribution in [0.15, 0.2) is 53.6 Å². The van der Waals surface area contributed by atoms with Crippen LogP contribution in [0.1, 0.15) is 31.2 Å². The number of amides is 1. The molecule has 0 aromatic heterocycles. The van der Waals surface area contributed by atoms with Crippen LogP contribution in [0.25, 0.3) is 0 Å². The maximum atomic E-state index is 12.0. The summed E-state index contributed by atoms with van der Waals surface area (Å²) in [4.78, 5) is 23.3. The van der Waals surface area contributed by atoms with Crippen molar-refractivity contribution in [2.24, 2.45) is 5.10 Å². The number of hydrogen-bond acceptors (Lipinski definition) is 5. The first-order valence-corrected chi connectivity index (χ1v) is 7.92. The molecule has 1 aliphatic heterocycles. The Morgan fingerprint density at radius 3 is 2.44 bits per heavy atom. The minimum Gasteiger partial charge on any atom is -0.446 e. The zero-order chi connectivity index (χ0) is 18.0. The van der Waals surface area contributed by atoms with Gasteiger partial charge >= 0.3 is 5.97 Å². The van der Waals surface area contributed by atoms with Crippen molar-refractivity contribution in [2.45, 2.75) is 20.1 Å². The number of carbonyl (C=O) groups is 2. The summed E-state index contributed by atoms with van der Waals surface area (Å²) in [5.41, 5.74) is 1.21. The van der Waals surface area contributed by atoms with Gasteiger partial charge in [0, 0.05) is 24.4 Å². The van der Waals surface area contributed by atoms with E-state index in [0.29, 0.717) is 16.3 Å². The Balaban J connectivity index is 1.96. The van der Waals surface area contributed by atoms with Crippen LogP contribution >= 0.6 is 11.6 Å². The summed E-state index contributed by atoms with van der Waals surface area (Å²) in [5, 5.41) is 6.08. The lowest BCUT2D eigenvalue weighted by Gasteiger charge is -2.19. The van der Waals surface area contributed by atoms with Crippen LogP contribution < -0.4 is 4.74 Å². The van der Waals surface area contributed by atoms with E-state index < -0.39 is 12.2 Å². The molecule has 128 valence electrons. The average molecular weight is 359 g/mol. The second kappa shape index (κ2) is 6.94. The fraction of sp³-hybridized carbons (Fsp3) is 0.167. The molecule has 0 bridgehead atoms. The van der Waals surface area contributed by atoms with Gasteiger partial charge in [0.2, 0.25) is 18.0 Å². The van der Waals surface area contributed by atoms with Gasteiger partial charge < -0.3 is 9.47 Å². The molecule has 0 fully saturated rings. The van der Waals surface area contributed by atoms with Crippen LogP contribution in [0.4, 0.5) is 0 Å². The van der Waals surface area contributed by atoms with E-state index in [2.05, 4.69) is 5.10 Å². The molecule has 0 aliphatic carbocycles. The Morgan fingerprint density at radius 2 is 1.80 bits per heavy atom. The van der Waals surface area contributed by atoms with E-state index in [9.17, 15) is 9.59 Å². The Bertz CT molecular complexity index is 848. The highest BCUT2D eigenvalue weighted by molar-refractivity contribution is 6.30. The smallest absolute Gasteiger partial charge is 0.308 e. The molecule has 3 rings (SSSR count).